The second-order valence-corrected chi connectivity index (χ2v) is 7.23. The summed E-state index contributed by atoms with van der Waals surface area (Å²) in [7, 11) is 0. The van der Waals surface area contributed by atoms with E-state index in [0.717, 1.165) is 5.56 Å². The first-order valence-corrected chi connectivity index (χ1v) is 9.01. The third kappa shape index (κ3) is 3.59. The van der Waals surface area contributed by atoms with Crippen LogP contribution in [0.1, 0.15) is 5.56 Å². The van der Waals surface area contributed by atoms with Gasteiger partial charge in [0.25, 0.3) is 5.91 Å². The van der Waals surface area contributed by atoms with Crippen molar-refractivity contribution in [2.24, 2.45) is 5.73 Å². The molecule has 0 saturated carbocycles. The van der Waals surface area contributed by atoms with Crippen molar-refractivity contribution in [2.75, 3.05) is 4.90 Å². The molecule has 0 radical (unpaired) electrons. The highest BCUT2D eigenvalue weighted by molar-refractivity contribution is 8.05. The fourth-order valence-corrected chi connectivity index (χ4v) is 4.10. The molecule has 2 N–H and O–H groups in total. The molecule has 1 aliphatic rings. The number of nitriles is 1. The number of nitrogens with two attached hydrogens (primary N) is 1. The van der Waals surface area contributed by atoms with Crippen molar-refractivity contribution in [1.82, 2.24) is 0 Å². The zero-order valence-electron chi connectivity index (χ0n) is 13.6. The SMILES string of the molecule is N#C/C(C(N)=O)=C1/S[C@@H](Cc2ccccc2)C(=O)N1c1ccc(Cl)cc1. The lowest BCUT2D eigenvalue weighted by Gasteiger charge is -2.18. The monoisotopic (exact) mass is 383 g/mol. The van der Waals surface area contributed by atoms with Crippen molar-refractivity contribution in [3.63, 3.8) is 0 Å². The number of nitrogens with zero attached hydrogens (tertiary/aromatic N) is 2. The molecule has 2 aromatic carbocycles. The molecule has 3 rings (SSSR count). The van der Waals surface area contributed by atoms with Gasteiger partial charge in [0.2, 0.25) is 5.91 Å². The molecule has 0 bridgehead atoms. The van der Waals surface area contributed by atoms with Gasteiger partial charge in [-0.2, -0.15) is 5.26 Å². The molecule has 0 spiro atoms. The van der Waals surface area contributed by atoms with Crippen molar-refractivity contribution < 1.29 is 9.59 Å². The van der Waals surface area contributed by atoms with Crippen molar-refractivity contribution in [1.29, 1.82) is 5.26 Å². The van der Waals surface area contributed by atoms with Crippen LogP contribution < -0.4 is 10.6 Å². The van der Waals surface area contributed by atoms with Crippen LogP contribution in [-0.2, 0) is 16.0 Å². The molecule has 2 amide bonds. The third-order valence-corrected chi connectivity index (χ3v) is 5.39. The summed E-state index contributed by atoms with van der Waals surface area (Å²) in [4.78, 5) is 26.1. The molecular weight excluding hydrogens is 370 g/mol. The van der Waals surface area contributed by atoms with Crippen molar-refractivity contribution in [3.05, 3.63) is 75.8 Å². The van der Waals surface area contributed by atoms with Crippen LogP contribution in [0.3, 0.4) is 0 Å². The molecule has 1 fully saturated rings. The predicted molar refractivity (Wildman–Crippen MR) is 102 cm³/mol. The van der Waals surface area contributed by atoms with Crippen LogP contribution in [0.25, 0.3) is 0 Å². The molecule has 1 heterocycles. The first-order valence-electron chi connectivity index (χ1n) is 7.75. The fourth-order valence-electron chi connectivity index (χ4n) is 2.65. The van der Waals surface area contributed by atoms with E-state index in [1.165, 1.54) is 16.7 Å². The lowest BCUT2D eigenvalue weighted by Crippen LogP contribution is -2.31. The molecule has 0 aliphatic carbocycles. The van der Waals surface area contributed by atoms with Gasteiger partial charge in [-0.05, 0) is 36.2 Å². The van der Waals surface area contributed by atoms with E-state index >= 15 is 0 Å². The average molecular weight is 384 g/mol. The minimum Gasteiger partial charge on any atom is -0.365 e. The van der Waals surface area contributed by atoms with Crippen molar-refractivity contribution in [3.8, 4) is 6.07 Å². The molecule has 130 valence electrons. The Morgan fingerprint density at radius 3 is 2.42 bits per heavy atom. The van der Waals surface area contributed by atoms with Crippen LogP contribution in [0, 0.1) is 11.3 Å². The van der Waals surface area contributed by atoms with Crippen LogP contribution >= 0.6 is 23.4 Å². The summed E-state index contributed by atoms with van der Waals surface area (Å²) in [5.41, 5.74) is 6.64. The van der Waals surface area contributed by atoms with E-state index in [1.807, 2.05) is 36.4 Å². The third-order valence-electron chi connectivity index (χ3n) is 3.87. The smallest absolute Gasteiger partial charge is 0.262 e. The summed E-state index contributed by atoms with van der Waals surface area (Å²) in [6.07, 6.45) is 0.482. The maximum absolute atomic E-state index is 13.0. The molecular formula is C19H14ClN3O2S. The standard InChI is InChI=1S/C19H14ClN3O2S/c20-13-6-8-14(9-7-13)23-18(25)16(10-12-4-2-1-3-5-12)26-19(23)15(11-21)17(22)24/h1-9,16H,10H2,(H2,22,24)/b19-15-/t16-/m0/s1. The van der Waals surface area contributed by atoms with E-state index < -0.39 is 11.2 Å². The highest BCUT2D eigenvalue weighted by atomic mass is 35.5. The topological polar surface area (TPSA) is 87.2 Å². The average Bonchev–Trinajstić information content (AvgIpc) is 2.93. The number of hydrogen-bond donors (Lipinski definition) is 1. The molecule has 7 heteroatoms. The Morgan fingerprint density at radius 1 is 1.19 bits per heavy atom. The van der Waals surface area contributed by atoms with E-state index in [9.17, 15) is 14.9 Å². The fraction of sp³-hybridized carbons (Fsp3) is 0.105. The summed E-state index contributed by atoms with van der Waals surface area (Å²) in [5, 5.41) is 9.67. The number of carbonyl (C=O) groups is 2. The van der Waals surface area contributed by atoms with Crippen LogP contribution in [0.5, 0.6) is 0 Å². The van der Waals surface area contributed by atoms with Gasteiger partial charge < -0.3 is 5.73 Å². The van der Waals surface area contributed by atoms with Gasteiger partial charge in [-0.3, -0.25) is 14.5 Å². The number of carbonyl (C=O) groups excluding carboxylic acids is 2. The molecule has 26 heavy (non-hydrogen) atoms. The van der Waals surface area contributed by atoms with Crippen LogP contribution in [0.4, 0.5) is 5.69 Å². The minimum absolute atomic E-state index is 0.204. The van der Waals surface area contributed by atoms with Gasteiger partial charge in [-0.1, -0.05) is 53.7 Å². The first-order chi connectivity index (χ1) is 12.5. The number of amides is 2. The Balaban J connectivity index is 2.03. The van der Waals surface area contributed by atoms with Crippen molar-refractivity contribution >= 4 is 40.9 Å². The van der Waals surface area contributed by atoms with E-state index in [4.69, 9.17) is 17.3 Å². The number of primary amides is 1. The molecule has 1 atom stereocenters. The largest absolute Gasteiger partial charge is 0.365 e. The number of halogens is 1. The maximum atomic E-state index is 13.0. The van der Waals surface area contributed by atoms with Crippen LogP contribution in [0.2, 0.25) is 5.02 Å². The summed E-state index contributed by atoms with van der Waals surface area (Å²) >= 11 is 7.10. The van der Waals surface area contributed by atoms with E-state index in [-0.39, 0.29) is 16.5 Å². The van der Waals surface area contributed by atoms with Gasteiger partial charge in [-0.15, -0.1) is 0 Å². The Bertz CT molecular complexity index is 920. The molecule has 5 nitrogen and oxygen atoms in total. The van der Waals surface area contributed by atoms with Crippen LogP contribution in [0.15, 0.2) is 65.2 Å². The Kier molecular flexibility index (Phi) is 5.31. The molecule has 2 aromatic rings. The highest BCUT2D eigenvalue weighted by Gasteiger charge is 2.40. The van der Waals surface area contributed by atoms with Gasteiger partial charge in [-0.25, -0.2) is 0 Å². The zero-order chi connectivity index (χ0) is 18.7. The zero-order valence-corrected chi connectivity index (χ0v) is 15.1. The second-order valence-electron chi connectivity index (χ2n) is 5.60. The molecule has 1 saturated heterocycles. The van der Waals surface area contributed by atoms with E-state index in [0.29, 0.717) is 17.1 Å². The van der Waals surface area contributed by atoms with E-state index in [2.05, 4.69) is 0 Å². The number of hydrogen-bond acceptors (Lipinski definition) is 4. The minimum atomic E-state index is -0.859. The number of benzene rings is 2. The second kappa shape index (κ2) is 7.65. The molecule has 0 unspecified atom stereocenters. The molecule has 1 aliphatic heterocycles. The van der Waals surface area contributed by atoms with E-state index in [1.54, 1.807) is 24.3 Å². The lowest BCUT2D eigenvalue weighted by molar-refractivity contribution is -0.117. The number of rotatable bonds is 4. The van der Waals surface area contributed by atoms with Gasteiger partial charge >= 0.3 is 0 Å². The lowest BCUT2D eigenvalue weighted by atomic mass is 10.1. The van der Waals surface area contributed by atoms with Gasteiger partial charge in [0, 0.05) is 10.7 Å². The summed E-state index contributed by atoms with van der Waals surface area (Å²) < 4.78 is 0. The quantitative estimate of drug-likeness (QED) is 0.648. The maximum Gasteiger partial charge on any atom is 0.262 e. The van der Waals surface area contributed by atoms with Crippen LogP contribution in [-0.4, -0.2) is 17.1 Å². The van der Waals surface area contributed by atoms with Gasteiger partial charge in [0.05, 0.1) is 5.25 Å². The first kappa shape index (κ1) is 18.1. The summed E-state index contributed by atoms with van der Waals surface area (Å²) in [5.74, 6) is -1.06. The Labute approximate surface area is 160 Å². The Hall–Kier alpha value is -2.75. The van der Waals surface area contributed by atoms with Gasteiger partial charge in [0.1, 0.15) is 16.7 Å². The predicted octanol–water partition coefficient (Wildman–Crippen LogP) is 3.25. The Morgan fingerprint density at radius 2 is 1.85 bits per heavy atom. The summed E-state index contributed by atoms with van der Waals surface area (Å²) in [6.45, 7) is 0. The molecule has 0 aromatic heterocycles. The normalized spacial score (nSPS) is 18.5. The van der Waals surface area contributed by atoms with Crippen molar-refractivity contribution in [2.45, 2.75) is 11.7 Å². The highest BCUT2D eigenvalue weighted by Crippen LogP contribution is 2.41. The summed E-state index contributed by atoms with van der Waals surface area (Å²) in [6, 6.07) is 18.0. The number of anilines is 1. The number of thioether (sulfide) groups is 1. The van der Waals surface area contributed by atoms with Gasteiger partial charge in [0.15, 0.2) is 0 Å².